The van der Waals surface area contributed by atoms with Gasteiger partial charge in [-0.1, -0.05) is 12.1 Å². The molecule has 29 heavy (non-hydrogen) atoms. The van der Waals surface area contributed by atoms with Crippen molar-refractivity contribution < 1.29 is 19.1 Å². The molecule has 1 aromatic heterocycles. The van der Waals surface area contributed by atoms with Crippen molar-refractivity contribution in [1.29, 1.82) is 0 Å². The van der Waals surface area contributed by atoms with Crippen LogP contribution in [0.2, 0.25) is 0 Å². The third-order valence-corrected chi connectivity index (χ3v) is 4.63. The summed E-state index contributed by atoms with van der Waals surface area (Å²) in [5.74, 6) is 0.333. The van der Waals surface area contributed by atoms with Crippen molar-refractivity contribution >= 4 is 29.4 Å². The fraction of sp³-hybridized carbons (Fsp3) is 0.136. The average Bonchev–Trinajstić information content (AvgIpc) is 3.22. The number of carbonyl (C=O) groups is 2. The third-order valence-electron chi connectivity index (χ3n) is 3.78. The molecule has 0 atom stereocenters. The maximum atomic E-state index is 11.9. The smallest absolute Gasteiger partial charge is 0.353 e. The van der Waals surface area contributed by atoms with Gasteiger partial charge in [0.2, 0.25) is 0 Å². The first-order valence-corrected chi connectivity index (χ1v) is 9.76. The number of hydrazone groups is 1. The molecule has 0 spiro atoms. The first-order chi connectivity index (χ1) is 14.0. The standard InChI is InChI=1S/C22H20N2O4S/c1-15-10-16(2)12-19(11-15)27-14-21(25)24-23-13-17-5-7-18(8-6-17)28-22(26)20-4-3-9-29-20/h3-13H,14H2,1-2H3,(H,24,25). The number of amides is 1. The van der Waals surface area contributed by atoms with E-state index in [2.05, 4.69) is 10.5 Å². The second-order valence-corrected chi connectivity index (χ2v) is 7.29. The summed E-state index contributed by atoms with van der Waals surface area (Å²) in [5, 5.41) is 5.73. The highest BCUT2D eigenvalue weighted by molar-refractivity contribution is 7.12. The maximum Gasteiger partial charge on any atom is 0.353 e. The van der Waals surface area contributed by atoms with Gasteiger partial charge in [-0.15, -0.1) is 11.3 Å². The molecule has 0 aliphatic carbocycles. The molecule has 148 valence electrons. The van der Waals surface area contributed by atoms with Crippen LogP contribution in [0, 0.1) is 13.8 Å². The number of benzene rings is 2. The van der Waals surface area contributed by atoms with Gasteiger partial charge in [-0.05, 0) is 78.4 Å². The van der Waals surface area contributed by atoms with E-state index in [0.29, 0.717) is 16.4 Å². The molecule has 0 bridgehead atoms. The van der Waals surface area contributed by atoms with Gasteiger partial charge in [0.1, 0.15) is 16.4 Å². The topological polar surface area (TPSA) is 77.0 Å². The molecular formula is C22H20N2O4S. The van der Waals surface area contributed by atoms with Crippen LogP contribution < -0.4 is 14.9 Å². The number of carbonyl (C=O) groups excluding carboxylic acids is 2. The predicted octanol–water partition coefficient (Wildman–Crippen LogP) is 4.11. The van der Waals surface area contributed by atoms with E-state index in [9.17, 15) is 9.59 Å². The summed E-state index contributed by atoms with van der Waals surface area (Å²) in [4.78, 5) is 24.3. The van der Waals surface area contributed by atoms with E-state index in [1.165, 1.54) is 17.6 Å². The highest BCUT2D eigenvalue weighted by Crippen LogP contribution is 2.17. The molecule has 3 rings (SSSR count). The summed E-state index contributed by atoms with van der Waals surface area (Å²) in [6, 6.07) is 16.1. The lowest BCUT2D eigenvalue weighted by atomic mass is 10.1. The summed E-state index contributed by atoms with van der Waals surface area (Å²) in [6.45, 7) is 3.81. The predicted molar refractivity (Wildman–Crippen MR) is 113 cm³/mol. The lowest BCUT2D eigenvalue weighted by Crippen LogP contribution is -2.24. The number of hydrogen-bond donors (Lipinski definition) is 1. The molecule has 0 aliphatic rings. The lowest BCUT2D eigenvalue weighted by Gasteiger charge is -2.07. The minimum absolute atomic E-state index is 0.127. The van der Waals surface area contributed by atoms with Crippen LogP contribution in [0.3, 0.4) is 0 Å². The van der Waals surface area contributed by atoms with Crippen LogP contribution in [0.1, 0.15) is 26.4 Å². The molecule has 0 unspecified atom stereocenters. The number of hydrogen-bond acceptors (Lipinski definition) is 6. The van der Waals surface area contributed by atoms with Crippen molar-refractivity contribution in [3.05, 3.63) is 81.5 Å². The highest BCUT2D eigenvalue weighted by Gasteiger charge is 2.09. The highest BCUT2D eigenvalue weighted by atomic mass is 32.1. The van der Waals surface area contributed by atoms with Crippen LogP contribution in [-0.4, -0.2) is 24.7 Å². The van der Waals surface area contributed by atoms with Crippen molar-refractivity contribution in [2.45, 2.75) is 13.8 Å². The van der Waals surface area contributed by atoms with Crippen molar-refractivity contribution in [1.82, 2.24) is 5.43 Å². The Morgan fingerprint density at radius 3 is 2.41 bits per heavy atom. The summed E-state index contributed by atoms with van der Waals surface area (Å²) in [7, 11) is 0. The molecule has 0 saturated heterocycles. The Morgan fingerprint density at radius 2 is 1.76 bits per heavy atom. The van der Waals surface area contributed by atoms with Crippen LogP contribution >= 0.6 is 11.3 Å². The molecule has 3 aromatic rings. The summed E-state index contributed by atoms with van der Waals surface area (Å²) >= 11 is 1.32. The van der Waals surface area contributed by atoms with Gasteiger partial charge in [0.05, 0.1) is 6.21 Å². The molecular weight excluding hydrogens is 388 g/mol. The summed E-state index contributed by atoms with van der Waals surface area (Å²) in [6.07, 6.45) is 1.50. The third kappa shape index (κ3) is 6.29. The molecule has 6 nitrogen and oxygen atoms in total. The van der Waals surface area contributed by atoms with E-state index in [-0.39, 0.29) is 12.5 Å². The van der Waals surface area contributed by atoms with E-state index in [0.717, 1.165) is 16.7 Å². The van der Waals surface area contributed by atoms with Crippen molar-refractivity contribution in [2.24, 2.45) is 5.10 Å². The Labute approximate surface area is 172 Å². The zero-order chi connectivity index (χ0) is 20.6. The van der Waals surface area contributed by atoms with E-state index in [4.69, 9.17) is 9.47 Å². The number of nitrogens with zero attached hydrogens (tertiary/aromatic N) is 1. The normalized spacial score (nSPS) is 10.7. The molecule has 2 aromatic carbocycles. The van der Waals surface area contributed by atoms with Gasteiger partial charge in [0.25, 0.3) is 5.91 Å². The Balaban J connectivity index is 1.46. The first-order valence-electron chi connectivity index (χ1n) is 8.88. The monoisotopic (exact) mass is 408 g/mol. The number of thiophene rings is 1. The zero-order valence-corrected chi connectivity index (χ0v) is 16.9. The number of aryl methyl sites for hydroxylation is 2. The van der Waals surface area contributed by atoms with E-state index in [1.807, 2.05) is 37.4 Å². The summed E-state index contributed by atoms with van der Waals surface area (Å²) in [5.41, 5.74) is 5.31. The fourth-order valence-electron chi connectivity index (χ4n) is 2.55. The second-order valence-electron chi connectivity index (χ2n) is 6.34. The molecule has 1 amide bonds. The van der Waals surface area contributed by atoms with Crippen molar-refractivity contribution in [2.75, 3.05) is 6.61 Å². The molecule has 0 aliphatic heterocycles. The molecule has 0 fully saturated rings. The minimum Gasteiger partial charge on any atom is -0.484 e. The largest absolute Gasteiger partial charge is 0.484 e. The van der Waals surface area contributed by atoms with Crippen LogP contribution in [0.15, 0.2) is 65.1 Å². The average molecular weight is 408 g/mol. The second kappa shape index (κ2) is 9.66. The zero-order valence-electron chi connectivity index (χ0n) is 16.0. The van der Waals surface area contributed by atoms with Gasteiger partial charge in [-0.3, -0.25) is 4.79 Å². The quantitative estimate of drug-likeness (QED) is 0.276. The lowest BCUT2D eigenvalue weighted by molar-refractivity contribution is -0.123. The number of esters is 1. The minimum atomic E-state index is -0.391. The van der Waals surface area contributed by atoms with Gasteiger partial charge >= 0.3 is 5.97 Å². The fourth-order valence-corrected chi connectivity index (χ4v) is 3.15. The van der Waals surface area contributed by atoms with Gasteiger partial charge in [-0.25, -0.2) is 10.2 Å². The van der Waals surface area contributed by atoms with Gasteiger partial charge < -0.3 is 9.47 Å². The first kappa shape index (κ1) is 20.3. The van der Waals surface area contributed by atoms with E-state index >= 15 is 0 Å². The Morgan fingerprint density at radius 1 is 1.03 bits per heavy atom. The number of rotatable bonds is 7. The van der Waals surface area contributed by atoms with Crippen LogP contribution in [0.25, 0.3) is 0 Å². The molecule has 1 heterocycles. The van der Waals surface area contributed by atoms with Crippen LogP contribution in [0.4, 0.5) is 0 Å². The number of nitrogens with one attached hydrogen (secondary N) is 1. The van der Waals surface area contributed by atoms with Crippen LogP contribution in [-0.2, 0) is 4.79 Å². The number of ether oxygens (including phenoxy) is 2. The van der Waals surface area contributed by atoms with Gasteiger partial charge in [0.15, 0.2) is 6.61 Å². The maximum absolute atomic E-state index is 11.9. The molecule has 1 N–H and O–H groups in total. The summed E-state index contributed by atoms with van der Waals surface area (Å²) < 4.78 is 10.8. The Kier molecular flexibility index (Phi) is 6.76. The molecule has 0 saturated carbocycles. The SMILES string of the molecule is Cc1cc(C)cc(OCC(=O)NN=Cc2ccc(OC(=O)c3cccs3)cc2)c1. The van der Waals surface area contributed by atoms with Crippen LogP contribution in [0.5, 0.6) is 11.5 Å². The molecule has 7 heteroatoms. The van der Waals surface area contributed by atoms with E-state index < -0.39 is 5.97 Å². The van der Waals surface area contributed by atoms with E-state index in [1.54, 1.807) is 36.4 Å². The van der Waals surface area contributed by atoms with Gasteiger partial charge in [-0.2, -0.15) is 5.10 Å². The van der Waals surface area contributed by atoms with Crippen molar-refractivity contribution in [3.63, 3.8) is 0 Å². The Bertz CT molecular complexity index is 992. The van der Waals surface area contributed by atoms with Gasteiger partial charge in [0, 0.05) is 0 Å². The Hall–Kier alpha value is -3.45. The molecule has 0 radical (unpaired) electrons. The van der Waals surface area contributed by atoms with Crippen molar-refractivity contribution in [3.8, 4) is 11.5 Å².